The maximum atomic E-state index is 9.06. The molecule has 3 heteroatoms. The topological polar surface area (TPSA) is 49.7 Å². The van der Waals surface area contributed by atoms with E-state index >= 15 is 0 Å². The fourth-order valence-electron chi connectivity index (χ4n) is 1.58. The Kier molecular flexibility index (Phi) is 2.54. The third-order valence-electron chi connectivity index (χ3n) is 2.44. The molecule has 0 aliphatic heterocycles. The highest BCUT2D eigenvalue weighted by atomic mass is 16.5. The van der Waals surface area contributed by atoms with Gasteiger partial charge in [0.15, 0.2) is 5.79 Å². The van der Waals surface area contributed by atoms with Gasteiger partial charge in [0.25, 0.3) is 0 Å². The van der Waals surface area contributed by atoms with Crippen LogP contribution in [0.25, 0.3) is 0 Å². The smallest absolute Gasteiger partial charge is 0.167 e. The minimum atomic E-state index is -1.48. The number of rotatable bonds is 3. The number of ether oxygens (including phenoxy) is 1. The Hall–Kier alpha value is -0.900. The molecule has 0 atom stereocenters. The lowest BCUT2D eigenvalue weighted by atomic mass is 9.88. The highest BCUT2D eigenvalue weighted by molar-refractivity contribution is 5.13. The van der Waals surface area contributed by atoms with Crippen LogP contribution in [0, 0.1) is 0 Å². The van der Waals surface area contributed by atoms with Crippen LogP contribution in [0.4, 0.5) is 0 Å². The minimum Gasteiger partial charge on any atom is -0.373 e. The van der Waals surface area contributed by atoms with Crippen molar-refractivity contribution < 1.29 is 14.9 Å². The van der Waals surface area contributed by atoms with Crippen LogP contribution in [0.5, 0.6) is 0 Å². The molecule has 2 rings (SSSR count). The lowest BCUT2D eigenvalue weighted by molar-refractivity contribution is -0.262. The fourth-order valence-corrected chi connectivity index (χ4v) is 1.58. The monoisotopic (exact) mass is 194 g/mol. The molecule has 0 saturated heterocycles. The molecular weight excluding hydrogens is 180 g/mol. The molecule has 1 fully saturated rings. The zero-order valence-corrected chi connectivity index (χ0v) is 7.89. The normalized spacial score (nSPS) is 20.4. The summed E-state index contributed by atoms with van der Waals surface area (Å²) >= 11 is 0. The van der Waals surface area contributed by atoms with Crippen molar-refractivity contribution in [2.45, 2.75) is 31.3 Å². The quantitative estimate of drug-likeness (QED) is 0.707. The molecule has 0 heterocycles. The summed E-state index contributed by atoms with van der Waals surface area (Å²) in [5.41, 5.74) is 1.11. The fraction of sp³-hybridized carbons (Fsp3) is 0.455. The average Bonchev–Trinajstić information content (AvgIpc) is 2.13. The zero-order valence-electron chi connectivity index (χ0n) is 7.89. The van der Waals surface area contributed by atoms with Gasteiger partial charge in [-0.25, -0.2) is 0 Å². The Balaban J connectivity index is 1.75. The molecule has 1 aromatic carbocycles. The van der Waals surface area contributed by atoms with E-state index in [-0.39, 0.29) is 6.10 Å². The SMILES string of the molecule is OC1(O)CC(OCc2ccccc2)C1. The molecule has 0 aromatic heterocycles. The van der Waals surface area contributed by atoms with Crippen molar-refractivity contribution in [1.82, 2.24) is 0 Å². The van der Waals surface area contributed by atoms with E-state index < -0.39 is 5.79 Å². The summed E-state index contributed by atoms with van der Waals surface area (Å²) in [5.74, 6) is -1.48. The van der Waals surface area contributed by atoms with Crippen LogP contribution in [-0.2, 0) is 11.3 Å². The first kappa shape index (κ1) is 9.65. The van der Waals surface area contributed by atoms with Gasteiger partial charge in [-0.15, -0.1) is 0 Å². The molecule has 0 bridgehead atoms. The van der Waals surface area contributed by atoms with Crippen LogP contribution in [-0.4, -0.2) is 22.1 Å². The van der Waals surface area contributed by atoms with Crippen molar-refractivity contribution in [2.24, 2.45) is 0 Å². The molecule has 3 nitrogen and oxygen atoms in total. The van der Waals surface area contributed by atoms with Crippen molar-refractivity contribution in [3.05, 3.63) is 35.9 Å². The third kappa shape index (κ3) is 2.32. The molecule has 1 aromatic rings. The van der Waals surface area contributed by atoms with Gasteiger partial charge in [-0.05, 0) is 5.56 Å². The largest absolute Gasteiger partial charge is 0.373 e. The van der Waals surface area contributed by atoms with Crippen LogP contribution in [0.15, 0.2) is 30.3 Å². The summed E-state index contributed by atoms with van der Waals surface area (Å²) in [6.45, 7) is 0.543. The second-order valence-corrected chi connectivity index (χ2v) is 3.81. The van der Waals surface area contributed by atoms with Crippen LogP contribution in [0.3, 0.4) is 0 Å². The Morgan fingerprint density at radius 1 is 1.21 bits per heavy atom. The number of aliphatic hydroxyl groups is 2. The molecule has 2 N–H and O–H groups in total. The van der Waals surface area contributed by atoms with E-state index in [2.05, 4.69) is 0 Å². The van der Waals surface area contributed by atoms with E-state index in [4.69, 9.17) is 14.9 Å². The standard InChI is InChI=1S/C11H14O3/c12-11(13)6-10(7-11)14-8-9-4-2-1-3-5-9/h1-5,10,12-13H,6-8H2. The van der Waals surface area contributed by atoms with Gasteiger partial charge in [0, 0.05) is 12.8 Å². The van der Waals surface area contributed by atoms with Gasteiger partial charge in [0.2, 0.25) is 0 Å². The Morgan fingerprint density at radius 3 is 2.43 bits per heavy atom. The van der Waals surface area contributed by atoms with Crippen molar-refractivity contribution in [3.63, 3.8) is 0 Å². The van der Waals surface area contributed by atoms with Gasteiger partial charge in [0.1, 0.15) is 0 Å². The summed E-state index contributed by atoms with van der Waals surface area (Å²) in [6, 6.07) is 9.86. The summed E-state index contributed by atoms with van der Waals surface area (Å²) in [5, 5.41) is 18.1. The molecule has 1 saturated carbocycles. The van der Waals surface area contributed by atoms with Crippen molar-refractivity contribution in [3.8, 4) is 0 Å². The summed E-state index contributed by atoms with van der Waals surface area (Å²) < 4.78 is 5.48. The number of benzene rings is 1. The molecule has 0 spiro atoms. The van der Waals surface area contributed by atoms with Crippen LogP contribution in [0.2, 0.25) is 0 Å². The van der Waals surface area contributed by atoms with Crippen LogP contribution >= 0.6 is 0 Å². The van der Waals surface area contributed by atoms with E-state index in [0.29, 0.717) is 19.4 Å². The van der Waals surface area contributed by atoms with E-state index in [1.165, 1.54) is 0 Å². The number of hydrogen-bond acceptors (Lipinski definition) is 3. The summed E-state index contributed by atoms with van der Waals surface area (Å²) in [7, 11) is 0. The predicted molar refractivity (Wildman–Crippen MR) is 51.4 cm³/mol. The van der Waals surface area contributed by atoms with Gasteiger partial charge in [-0.1, -0.05) is 30.3 Å². The molecular formula is C11H14O3. The molecule has 0 amide bonds. The van der Waals surface area contributed by atoms with Gasteiger partial charge in [-0.2, -0.15) is 0 Å². The van der Waals surface area contributed by atoms with Crippen molar-refractivity contribution in [2.75, 3.05) is 0 Å². The second-order valence-electron chi connectivity index (χ2n) is 3.81. The Bertz CT molecular complexity index is 287. The molecule has 1 aliphatic rings. The Morgan fingerprint density at radius 2 is 1.86 bits per heavy atom. The van der Waals surface area contributed by atoms with Gasteiger partial charge in [0.05, 0.1) is 12.7 Å². The third-order valence-corrected chi connectivity index (χ3v) is 2.44. The molecule has 0 unspecified atom stereocenters. The lowest BCUT2D eigenvalue weighted by Gasteiger charge is -2.38. The first-order valence-electron chi connectivity index (χ1n) is 4.76. The molecule has 0 radical (unpaired) electrons. The maximum Gasteiger partial charge on any atom is 0.167 e. The molecule has 1 aliphatic carbocycles. The predicted octanol–water partition coefficient (Wildman–Crippen LogP) is 1.05. The van der Waals surface area contributed by atoms with Crippen molar-refractivity contribution in [1.29, 1.82) is 0 Å². The van der Waals surface area contributed by atoms with Crippen molar-refractivity contribution >= 4 is 0 Å². The second kappa shape index (κ2) is 3.69. The van der Waals surface area contributed by atoms with Crippen LogP contribution < -0.4 is 0 Å². The average molecular weight is 194 g/mol. The zero-order chi connectivity index (χ0) is 10.0. The van der Waals surface area contributed by atoms with Gasteiger partial charge in [-0.3, -0.25) is 0 Å². The summed E-state index contributed by atoms with van der Waals surface area (Å²) in [6.07, 6.45) is 0.629. The first-order valence-corrected chi connectivity index (χ1v) is 4.76. The number of hydrogen-bond donors (Lipinski definition) is 2. The molecule has 14 heavy (non-hydrogen) atoms. The highest BCUT2D eigenvalue weighted by Gasteiger charge is 2.41. The van der Waals surface area contributed by atoms with E-state index in [0.717, 1.165) is 5.56 Å². The Labute approximate surface area is 83.0 Å². The van der Waals surface area contributed by atoms with Gasteiger partial charge >= 0.3 is 0 Å². The van der Waals surface area contributed by atoms with Crippen LogP contribution in [0.1, 0.15) is 18.4 Å². The lowest BCUT2D eigenvalue weighted by Crippen LogP contribution is -2.48. The van der Waals surface area contributed by atoms with E-state index in [9.17, 15) is 0 Å². The first-order chi connectivity index (χ1) is 6.66. The van der Waals surface area contributed by atoms with E-state index in [1.807, 2.05) is 30.3 Å². The molecule has 76 valence electrons. The summed E-state index contributed by atoms with van der Waals surface area (Å²) in [4.78, 5) is 0. The minimum absolute atomic E-state index is 0.00907. The maximum absolute atomic E-state index is 9.06. The van der Waals surface area contributed by atoms with Gasteiger partial charge < -0.3 is 14.9 Å². The van der Waals surface area contributed by atoms with E-state index in [1.54, 1.807) is 0 Å². The highest BCUT2D eigenvalue weighted by Crippen LogP contribution is 2.32.